The summed E-state index contributed by atoms with van der Waals surface area (Å²) >= 11 is 0. The molecule has 3 fully saturated rings. The van der Waals surface area contributed by atoms with Gasteiger partial charge in [-0.15, -0.1) is 0 Å². The Morgan fingerprint density at radius 1 is 1.42 bits per heavy atom. The molecule has 3 atom stereocenters. The van der Waals surface area contributed by atoms with Crippen molar-refractivity contribution in [3.63, 3.8) is 0 Å². The summed E-state index contributed by atoms with van der Waals surface area (Å²) < 4.78 is 10.5. The first-order valence-corrected chi connectivity index (χ1v) is 9.25. The van der Waals surface area contributed by atoms with E-state index < -0.39 is 0 Å². The smallest absolute Gasteiger partial charge is 0.248 e. The maximum Gasteiger partial charge on any atom is 0.248 e. The highest BCUT2D eigenvalue weighted by Gasteiger charge is 2.59. The minimum Gasteiger partial charge on any atom is -0.375 e. The van der Waals surface area contributed by atoms with Crippen LogP contribution in [0.5, 0.6) is 0 Å². The minimum atomic E-state index is -0.382. The highest BCUT2D eigenvalue weighted by molar-refractivity contribution is 5.85. The number of nitrogens with one attached hydrogen (secondary N) is 1. The summed E-state index contributed by atoms with van der Waals surface area (Å²) in [7, 11) is 1.52. The van der Waals surface area contributed by atoms with E-state index in [2.05, 4.69) is 15.5 Å². The quantitative estimate of drug-likeness (QED) is 0.832. The molecule has 4 rings (SSSR count). The summed E-state index contributed by atoms with van der Waals surface area (Å²) in [6.45, 7) is 5.05. The molecule has 0 bridgehead atoms. The molecule has 3 aliphatic rings. The lowest BCUT2D eigenvalue weighted by Crippen LogP contribution is -2.42. The first-order chi connectivity index (χ1) is 12.4. The highest BCUT2D eigenvalue weighted by Crippen LogP contribution is 2.51. The van der Waals surface area contributed by atoms with Crippen LogP contribution in [0.3, 0.4) is 0 Å². The average molecular weight is 362 g/mol. The zero-order valence-corrected chi connectivity index (χ0v) is 15.6. The van der Waals surface area contributed by atoms with Gasteiger partial charge < -0.3 is 19.5 Å². The number of carbonyl (C=O) groups excluding carboxylic acids is 2. The van der Waals surface area contributed by atoms with E-state index in [1.165, 1.54) is 7.11 Å². The monoisotopic (exact) mass is 362 g/mol. The lowest BCUT2D eigenvalue weighted by Gasteiger charge is -2.25. The summed E-state index contributed by atoms with van der Waals surface area (Å²) in [5, 5.41) is 7.18. The van der Waals surface area contributed by atoms with Gasteiger partial charge in [0.2, 0.25) is 17.7 Å². The van der Waals surface area contributed by atoms with Gasteiger partial charge in [0.25, 0.3) is 0 Å². The van der Waals surface area contributed by atoms with Gasteiger partial charge in [0.1, 0.15) is 6.61 Å². The number of methoxy groups -OCH3 is 1. The first-order valence-electron chi connectivity index (χ1n) is 9.25. The van der Waals surface area contributed by atoms with Gasteiger partial charge in [-0.2, -0.15) is 4.98 Å². The number of hydrogen-bond acceptors (Lipinski definition) is 6. The first kappa shape index (κ1) is 17.5. The SMILES string of the molecule is COCC(=O)N1CC2C[C@@H](NC(=O)C3(C)CC3)C[C@]2(c2nc(C)no2)C1. The van der Waals surface area contributed by atoms with E-state index >= 15 is 0 Å². The topological polar surface area (TPSA) is 97.6 Å². The fraction of sp³-hybridized carbons (Fsp3) is 0.778. The maximum absolute atomic E-state index is 12.5. The Morgan fingerprint density at radius 3 is 2.81 bits per heavy atom. The van der Waals surface area contributed by atoms with Crippen molar-refractivity contribution in [1.29, 1.82) is 0 Å². The predicted octanol–water partition coefficient (Wildman–Crippen LogP) is 0.799. The minimum absolute atomic E-state index is 0.0245. The fourth-order valence-corrected chi connectivity index (χ4v) is 4.49. The third kappa shape index (κ3) is 2.80. The molecule has 0 spiro atoms. The zero-order valence-electron chi connectivity index (χ0n) is 15.6. The number of rotatable bonds is 5. The number of ether oxygens (including phenoxy) is 1. The van der Waals surface area contributed by atoms with Crippen LogP contribution in [-0.4, -0.2) is 59.7 Å². The van der Waals surface area contributed by atoms with Gasteiger partial charge in [-0.25, -0.2) is 0 Å². The Kier molecular flexibility index (Phi) is 4.06. The van der Waals surface area contributed by atoms with Crippen molar-refractivity contribution in [1.82, 2.24) is 20.4 Å². The van der Waals surface area contributed by atoms with Crippen LogP contribution < -0.4 is 5.32 Å². The molecule has 1 unspecified atom stereocenters. The number of aromatic nitrogens is 2. The molecule has 1 saturated heterocycles. The Bertz CT molecular complexity index is 729. The van der Waals surface area contributed by atoms with Crippen molar-refractivity contribution < 1.29 is 18.8 Å². The normalized spacial score (nSPS) is 31.7. The van der Waals surface area contributed by atoms with Crippen molar-refractivity contribution in [2.75, 3.05) is 26.8 Å². The van der Waals surface area contributed by atoms with Crippen LogP contribution in [-0.2, 0) is 19.7 Å². The van der Waals surface area contributed by atoms with Crippen LogP contribution >= 0.6 is 0 Å². The van der Waals surface area contributed by atoms with Crippen molar-refractivity contribution in [2.24, 2.45) is 11.3 Å². The second kappa shape index (κ2) is 6.04. The standard InChI is InChI=1S/C18H26N4O4/c1-11-19-16(26-21-11)18-7-13(20-15(24)17(2)4-5-17)6-12(18)8-22(10-18)14(23)9-25-3/h12-13H,4-10H2,1-3H3,(H,20,24)/t12?,13-,18+/m1/s1. The molecule has 1 aromatic heterocycles. The summed E-state index contributed by atoms with van der Waals surface area (Å²) in [6, 6.07) is 0.0804. The van der Waals surface area contributed by atoms with Crippen molar-refractivity contribution in [2.45, 2.75) is 51.0 Å². The lowest BCUT2D eigenvalue weighted by molar-refractivity contribution is -0.134. The van der Waals surface area contributed by atoms with Crippen LogP contribution in [0.15, 0.2) is 4.52 Å². The van der Waals surface area contributed by atoms with E-state index in [-0.39, 0.29) is 41.2 Å². The van der Waals surface area contributed by atoms with E-state index in [1.807, 2.05) is 11.8 Å². The highest BCUT2D eigenvalue weighted by atomic mass is 16.5. The van der Waals surface area contributed by atoms with Crippen LogP contribution in [0.4, 0.5) is 0 Å². The number of aryl methyl sites for hydroxylation is 1. The average Bonchev–Trinajstić information content (AvgIpc) is 2.93. The van der Waals surface area contributed by atoms with E-state index in [4.69, 9.17) is 9.26 Å². The predicted molar refractivity (Wildman–Crippen MR) is 91.2 cm³/mol. The van der Waals surface area contributed by atoms with Gasteiger partial charge in [-0.1, -0.05) is 12.1 Å². The van der Waals surface area contributed by atoms with Crippen molar-refractivity contribution in [3.05, 3.63) is 11.7 Å². The molecule has 2 amide bonds. The molecule has 8 heteroatoms. The summed E-state index contributed by atoms with van der Waals surface area (Å²) in [5.74, 6) is 1.49. The van der Waals surface area contributed by atoms with Gasteiger partial charge in [0.05, 0.1) is 5.41 Å². The lowest BCUT2D eigenvalue weighted by atomic mass is 9.80. The summed E-state index contributed by atoms with van der Waals surface area (Å²) in [4.78, 5) is 31.1. The second-order valence-electron chi connectivity index (χ2n) is 8.38. The molecule has 2 aliphatic carbocycles. The van der Waals surface area contributed by atoms with E-state index in [0.717, 1.165) is 25.7 Å². The number of hydrogen-bond donors (Lipinski definition) is 1. The molecule has 2 heterocycles. The van der Waals surface area contributed by atoms with Crippen LogP contribution in [0.2, 0.25) is 0 Å². The fourth-order valence-electron chi connectivity index (χ4n) is 4.49. The number of carbonyl (C=O) groups is 2. The summed E-state index contributed by atoms with van der Waals surface area (Å²) in [5.41, 5.74) is -0.570. The Labute approximate surface area is 152 Å². The molecule has 2 saturated carbocycles. The van der Waals surface area contributed by atoms with Gasteiger partial charge in [0.15, 0.2) is 5.82 Å². The van der Waals surface area contributed by atoms with Crippen LogP contribution in [0.1, 0.15) is 44.3 Å². The van der Waals surface area contributed by atoms with Crippen molar-refractivity contribution >= 4 is 11.8 Å². The van der Waals surface area contributed by atoms with Gasteiger partial charge in [-0.05, 0) is 38.5 Å². The van der Waals surface area contributed by atoms with Gasteiger partial charge in [-0.3, -0.25) is 9.59 Å². The van der Waals surface area contributed by atoms with E-state index in [1.54, 1.807) is 6.92 Å². The molecule has 0 aromatic carbocycles. The maximum atomic E-state index is 12.5. The van der Waals surface area contributed by atoms with Crippen molar-refractivity contribution in [3.8, 4) is 0 Å². The zero-order chi connectivity index (χ0) is 18.5. The van der Waals surface area contributed by atoms with Gasteiger partial charge in [0, 0.05) is 31.7 Å². The number of fused-ring (bicyclic) bond motifs is 1. The van der Waals surface area contributed by atoms with Gasteiger partial charge >= 0.3 is 0 Å². The largest absolute Gasteiger partial charge is 0.375 e. The second-order valence-corrected chi connectivity index (χ2v) is 8.38. The molecule has 142 valence electrons. The van der Waals surface area contributed by atoms with Crippen LogP contribution in [0, 0.1) is 18.3 Å². The number of nitrogens with zero attached hydrogens (tertiary/aromatic N) is 3. The number of likely N-dealkylation sites (tertiary alicyclic amines) is 1. The molecule has 26 heavy (non-hydrogen) atoms. The Morgan fingerprint density at radius 2 is 2.19 bits per heavy atom. The Balaban J connectivity index is 1.55. The molecular weight excluding hydrogens is 336 g/mol. The molecular formula is C18H26N4O4. The summed E-state index contributed by atoms with van der Waals surface area (Å²) in [6.07, 6.45) is 3.46. The molecule has 1 N–H and O–H groups in total. The number of amides is 2. The molecule has 1 aromatic rings. The third-order valence-corrected chi connectivity index (χ3v) is 6.33. The molecule has 1 aliphatic heterocycles. The van der Waals surface area contributed by atoms with E-state index in [9.17, 15) is 9.59 Å². The molecule has 0 radical (unpaired) electrons. The van der Waals surface area contributed by atoms with Crippen LogP contribution in [0.25, 0.3) is 0 Å². The molecule has 8 nitrogen and oxygen atoms in total. The van der Waals surface area contributed by atoms with E-state index in [0.29, 0.717) is 24.8 Å². The Hall–Kier alpha value is -1.96. The third-order valence-electron chi connectivity index (χ3n) is 6.33.